The molecule has 0 radical (unpaired) electrons. The Hall–Kier alpha value is -3.54. The van der Waals surface area contributed by atoms with Gasteiger partial charge in [0.15, 0.2) is 16.7 Å². The Kier molecular flexibility index (Phi) is 8.10. The van der Waals surface area contributed by atoms with Gasteiger partial charge in [-0.05, 0) is 67.6 Å². The Morgan fingerprint density at radius 2 is 1.90 bits per heavy atom. The number of benzene rings is 2. The summed E-state index contributed by atoms with van der Waals surface area (Å²) in [6.45, 7) is 0. The van der Waals surface area contributed by atoms with Gasteiger partial charge in [-0.3, -0.25) is 14.2 Å². The summed E-state index contributed by atoms with van der Waals surface area (Å²) in [7, 11) is 2.85. The summed E-state index contributed by atoms with van der Waals surface area (Å²) in [4.78, 5) is 33.2. The van der Waals surface area contributed by atoms with Crippen LogP contribution in [0.25, 0.3) is 15.9 Å². The van der Waals surface area contributed by atoms with E-state index in [0.717, 1.165) is 43.0 Å². The fourth-order valence-corrected chi connectivity index (χ4v) is 6.66. The monoisotopic (exact) mass is 584 g/mol. The van der Waals surface area contributed by atoms with Crippen LogP contribution in [0.2, 0.25) is 5.02 Å². The zero-order chi connectivity index (χ0) is 27.5. The second-order valence-corrected chi connectivity index (χ2v) is 11.2. The van der Waals surface area contributed by atoms with E-state index in [9.17, 15) is 14.7 Å². The molecule has 9 nitrogen and oxygen atoms in total. The number of rotatable bonds is 8. The molecule has 4 aromatic rings. The predicted octanol–water partition coefficient (Wildman–Crippen LogP) is 4.94. The maximum atomic E-state index is 13.8. The van der Waals surface area contributed by atoms with E-state index in [2.05, 4.69) is 10.5 Å². The van der Waals surface area contributed by atoms with Gasteiger partial charge in [-0.1, -0.05) is 23.4 Å². The highest BCUT2D eigenvalue weighted by Crippen LogP contribution is 2.37. The van der Waals surface area contributed by atoms with Crippen molar-refractivity contribution in [2.75, 3.05) is 20.0 Å². The lowest BCUT2D eigenvalue weighted by atomic mass is 9.97. The average Bonchev–Trinajstić information content (AvgIpc) is 3.32. The smallest absolute Gasteiger partial charge is 0.267 e. The lowest BCUT2D eigenvalue weighted by Crippen LogP contribution is -2.24. The summed E-state index contributed by atoms with van der Waals surface area (Å²) in [6, 6.07) is 10.1. The van der Waals surface area contributed by atoms with Crippen molar-refractivity contribution < 1.29 is 19.4 Å². The van der Waals surface area contributed by atoms with Crippen molar-refractivity contribution in [2.45, 2.75) is 30.8 Å². The maximum absolute atomic E-state index is 13.8. The van der Waals surface area contributed by atoms with Crippen LogP contribution in [0.5, 0.6) is 17.2 Å². The number of ether oxygens (including phenoxy) is 2. The van der Waals surface area contributed by atoms with Crippen LogP contribution in [0.4, 0.5) is 0 Å². The van der Waals surface area contributed by atoms with Crippen LogP contribution >= 0.6 is 34.7 Å². The Labute approximate surface area is 237 Å². The summed E-state index contributed by atoms with van der Waals surface area (Å²) in [6.07, 6.45) is 5.41. The topological polar surface area (TPSA) is 115 Å². The van der Waals surface area contributed by atoms with Crippen molar-refractivity contribution in [3.05, 3.63) is 67.8 Å². The number of methoxy groups -OCH3 is 2. The first kappa shape index (κ1) is 27.0. The molecule has 0 aliphatic heterocycles. The molecule has 0 saturated heterocycles. The highest BCUT2D eigenvalue weighted by atomic mass is 35.5. The Balaban J connectivity index is 1.39. The van der Waals surface area contributed by atoms with E-state index in [-0.39, 0.29) is 34.5 Å². The molecule has 5 rings (SSSR count). The highest BCUT2D eigenvalue weighted by Gasteiger charge is 2.23. The first-order chi connectivity index (χ1) is 18.9. The molecule has 1 aliphatic rings. The van der Waals surface area contributed by atoms with Crippen LogP contribution in [0.3, 0.4) is 0 Å². The quantitative estimate of drug-likeness (QED) is 0.130. The number of thioether (sulfide) groups is 1. The predicted molar refractivity (Wildman–Crippen MR) is 155 cm³/mol. The zero-order valence-corrected chi connectivity index (χ0v) is 23.6. The minimum atomic E-state index is -0.378. The van der Waals surface area contributed by atoms with E-state index >= 15 is 0 Å². The van der Waals surface area contributed by atoms with Crippen LogP contribution in [0.15, 0.2) is 51.5 Å². The van der Waals surface area contributed by atoms with E-state index in [1.165, 1.54) is 25.3 Å². The minimum absolute atomic E-state index is 0.0177. The average molecular weight is 585 g/mol. The molecule has 0 atom stereocenters. The first-order valence-corrected chi connectivity index (χ1v) is 14.3. The Bertz CT molecular complexity index is 1610. The summed E-state index contributed by atoms with van der Waals surface area (Å²) < 4.78 is 11.8. The number of aromatic nitrogens is 2. The molecule has 1 aliphatic carbocycles. The number of thiophene rings is 1. The lowest BCUT2D eigenvalue weighted by molar-refractivity contribution is -0.118. The number of carbonyl (C=O) groups excluding carboxylic acids is 1. The van der Waals surface area contributed by atoms with E-state index in [1.807, 2.05) is 0 Å². The molecular formula is C27H25ClN4O5S2. The van der Waals surface area contributed by atoms with Gasteiger partial charge in [-0.15, -0.1) is 11.3 Å². The summed E-state index contributed by atoms with van der Waals surface area (Å²) in [5, 5.41) is 15.7. The number of hydrogen-bond acceptors (Lipinski definition) is 9. The fourth-order valence-electron chi connectivity index (χ4n) is 4.43. The molecular weight excluding hydrogens is 560 g/mol. The van der Waals surface area contributed by atoms with Crippen molar-refractivity contribution in [1.82, 2.24) is 15.0 Å². The molecule has 2 N–H and O–H groups in total. The molecule has 0 spiro atoms. The van der Waals surface area contributed by atoms with Crippen LogP contribution in [0, 0.1) is 0 Å². The SMILES string of the molecule is COc1cc(/C=N/NC(=O)CSc2nc3sc4c(c3c(=O)n2-c2ccc(Cl)cc2)CCCC4)cc(OC)c1O. The Morgan fingerprint density at radius 1 is 1.21 bits per heavy atom. The van der Waals surface area contributed by atoms with Crippen molar-refractivity contribution in [3.63, 3.8) is 0 Å². The van der Waals surface area contributed by atoms with Crippen molar-refractivity contribution in [1.29, 1.82) is 0 Å². The molecule has 39 heavy (non-hydrogen) atoms. The number of hydrogen-bond donors (Lipinski definition) is 2. The Morgan fingerprint density at radius 3 is 2.59 bits per heavy atom. The number of aryl methyl sites for hydroxylation is 2. The summed E-state index contributed by atoms with van der Waals surface area (Å²) in [5.74, 6) is -0.0862. The van der Waals surface area contributed by atoms with Crippen LogP contribution < -0.4 is 20.5 Å². The zero-order valence-electron chi connectivity index (χ0n) is 21.2. The third kappa shape index (κ3) is 5.61. The third-order valence-corrected chi connectivity index (χ3v) is 8.66. The van der Waals surface area contributed by atoms with Gasteiger partial charge < -0.3 is 14.6 Å². The van der Waals surface area contributed by atoms with Gasteiger partial charge >= 0.3 is 0 Å². The molecule has 2 aromatic heterocycles. The minimum Gasteiger partial charge on any atom is -0.502 e. The fraction of sp³-hybridized carbons (Fsp3) is 0.259. The van der Waals surface area contributed by atoms with Crippen LogP contribution in [-0.4, -0.2) is 46.8 Å². The second-order valence-electron chi connectivity index (χ2n) is 8.76. The van der Waals surface area contributed by atoms with Crippen molar-refractivity contribution in [2.24, 2.45) is 5.10 Å². The molecule has 2 heterocycles. The summed E-state index contributed by atoms with van der Waals surface area (Å²) in [5.41, 5.74) is 4.63. The van der Waals surface area contributed by atoms with E-state index in [1.54, 1.807) is 52.3 Å². The molecule has 202 valence electrons. The van der Waals surface area contributed by atoms with E-state index in [4.69, 9.17) is 26.1 Å². The largest absolute Gasteiger partial charge is 0.502 e. The number of nitrogens with zero attached hydrogens (tertiary/aromatic N) is 3. The normalized spacial score (nSPS) is 13.0. The van der Waals surface area contributed by atoms with E-state index in [0.29, 0.717) is 31.6 Å². The molecule has 0 saturated carbocycles. The van der Waals surface area contributed by atoms with Gasteiger partial charge in [0.2, 0.25) is 5.75 Å². The molecule has 0 fully saturated rings. The number of halogens is 1. The third-order valence-electron chi connectivity index (χ3n) is 6.28. The van der Waals surface area contributed by atoms with Gasteiger partial charge in [0, 0.05) is 15.5 Å². The number of amides is 1. The van der Waals surface area contributed by atoms with Crippen molar-refractivity contribution >= 4 is 57.0 Å². The molecule has 12 heteroatoms. The lowest BCUT2D eigenvalue weighted by Gasteiger charge is -2.13. The van der Waals surface area contributed by atoms with Gasteiger partial charge in [0.25, 0.3) is 11.5 Å². The molecule has 0 bridgehead atoms. The van der Waals surface area contributed by atoms with Crippen LogP contribution in [0.1, 0.15) is 28.8 Å². The maximum Gasteiger partial charge on any atom is 0.267 e. The van der Waals surface area contributed by atoms with Gasteiger partial charge in [0.1, 0.15) is 4.83 Å². The van der Waals surface area contributed by atoms with Crippen LogP contribution in [-0.2, 0) is 17.6 Å². The second kappa shape index (κ2) is 11.7. The number of phenols is 1. The molecule has 2 aromatic carbocycles. The number of aromatic hydroxyl groups is 1. The number of fused-ring (bicyclic) bond motifs is 3. The number of hydrazone groups is 1. The van der Waals surface area contributed by atoms with Gasteiger partial charge in [0.05, 0.1) is 37.3 Å². The molecule has 0 unspecified atom stereocenters. The number of phenolic OH excluding ortho intramolecular Hbond substituents is 1. The standard InChI is InChI=1S/C27H25ClN4O5S2/c1-36-19-11-15(12-20(37-2)24(19)34)13-29-31-22(33)14-38-27-30-25-23(18-5-3-4-6-21(18)39-25)26(35)32(27)17-9-7-16(28)8-10-17/h7-13,34H,3-6,14H2,1-2H3,(H,31,33)/b29-13+. The number of carbonyl (C=O) groups is 1. The summed E-state index contributed by atoms with van der Waals surface area (Å²) >= 11 is 8.81. The van der Waals surface area contributed by atoms with Gasteiger partial charge in [-0.25, -0.2) is 10.4 Å². The first-order valence-electron chi connectivity index (χ1n) is 12.1. The highest BCUT2D eigenvalue weighted by molar-refractivity contribution is 7.99. The van der Waals surface area contributed by atoms with Gasteiger partial charge in [-0.2, -0.15) is 5.10 Å². The van der Waals surface area contributed by atoms with Crippen molar-refractivity contribution in [3.8, 4) is 22.9 Å². The number of nitrogens with one attached hydrogen (secondary N) is 1. The molecule has 1 amide bonds. The van der Waals surface area contributed by atoms with E-state index < -0.39 is 0 Å².